The lowest BCUT2D eigenvalue weighted by Gasteiger charge is -2.27. The minimum Gasteiger partial charge on any atom is -0.383 e. The molecule has 2 rings (SSSR count). The molecule has 0 aliphatic heterocycles. The largest absolute Gasteiger partial charge is 0.383 e. The molecule has 1 saturated carbocycles. The Kier molecular flexibility index (Phi) is 4.95. The van der Waals surface area contributed by atoms with Gasteiger partial charge in [0.2, 0.25) is 0 Å². The van der Waals surface area contributed by atoms with E-state index in [9.17, 15) is 10.1 Å². The van der Waals surface area contributed by atoms with Gasteiger partial charge in [-0.2, -0.15) is 0 Å². The van der Waals surface area contributed by atoms with Crippen LogP contribution in [0.5, 0.6) is 0 Å². The van der Waals surface area contributed by atoms with Crippen molar-refractivity contribution >= 4 is 11.4 Å². The lowest BCUT2D eigenvalue weighted by molar-refractivity contribution is -0.384. The molecule has 5 heteroatoms. The first-order valence-corrected chi connectivity index (χ1v) is 7.34. The van der Waals surface area contributed by atoms with Crippen molar-refractivity contribution in [2.45, 2.75) is 45.2 Å². The van der Waals surface area contributed by atoms with Gasteiger partial charge in [-0.3, -0.25) is 15.0 Å². The van der Waals surface area contributed by atoms with Crippen LogP contribution in [0.2, 0.25) is 0 Å². The summed E-state index contributed by atoms with van der Waals surface area (Å²) in [6.45, 7) is 4.08. The summed E-state index contributed by atoms with van der Waals surface area (Å²) in [5.41, 5.74) is 1.86. The molecular weight excluding hydrogens is 254 g/mol. The maximum atomic E-state index is 10.9. The number of nitrogens with one attached hydrogen (secondary N) is 1. The first kappa shape index (κ1) is 14.8. The summed E-state index contributed by atoms with van der Waals surface area (Å²) in [7, 11) is 1.72. The molecule has 1 fully saturated rings. The average molecular weight is 277 g/mol. The van der Waals surface area contributed by atoms with Gasteiger partial charge < -0.3 is 5.32 Å². The van der Waals surface area contributed by atoms with Crippen molar-refractivity contribution < 1.29 is 4.92 Å². The highest BCUT2D eigenvalue weighted by atomic mass is 16.6. The number of hydrogen-bond donors (Lipinski definition) is 1. The third kappa shape index (κ3) is 3.28. The number of anilines is 1. The Bertz CT molecular complexity index is 470. The zero-order chi connectivity index (χ0) is 14.5. The number of hydrogen-bond acceptors (Lipinski definition) is 4. The highest BCUT2D eigenvalue weighted by Gasteiger charge is 2.22. The molecule has 0 bridgehead atoms. The SMILES string of the molecule is CCN(Cc1ccc([N+](=O)[O-])c(NC)c1)C1CCCC1. The van der Waals surface area contributed by atoms with Gasteiger partial charge in [-0.25, -0.2) is 0 Å². The average Bonchev–Trinajstić information content (AvgIpc) is 2.98. The maximum absolute atomic E-state index is 10.9. The van der Waals surface area contributed by atoms with Gasteiger partial charge in [0.25, 0.3) is 5.69 Å². The van der Waals surface area contributed by atoms with Crippen molar-refractivity contribution in [3.63, 3.8) is 0 Å². The zero-order valence-electron chi connectivity index (χ0n) is 12.3. The van der Waals surface area contributed by atoms with Gasteiger partial charge in [-0.15, -0.1) is 0 Å². The molecular formula is C15H23N3O2. The normalized spacial score (nSPS) is 15.8. The molecule has 20 heavy (non-hydrogen) atoms. The van der Waals surface area contributed by atoms with Gasteiger partial charge in [-0.05, 0) is 31.0 Å². The van der Waals surface area contributed by atoms with Crippen LogP contribution >= 0.6 is 0 Å². The van der Waals surface area contributed by atoms with E-state index in [1.54, 1.807) is 13.1 Å². The van der Waals surface area contributed by atoms with Gasteiger partial charge in [0.15, 0.2) is 0 Å². The van der Waals surface area contributed by atoms with Crippen molar-refractivity contribution in [3.05, 3.63) is 33.9 Å². The summed E-state index contributed by atoms with van der Waals surface area (Å²) in [5, 5.41) is 13.9. The predicted octanol–water partition coefficient (Wildman–Crippen LogP) is 3.40. The Morgan fingerprint density at radius 1 is 1.40 bits per heavy atom. The number of rotatable bonds is 6. The molecule has 0 radical (unpaired) electrons. The van der Waals surface area contributed by atoms with Crippen LogP contribution in [-0.4, -0.2) is 29.5 Å². The van der Waals surface area contributed by atoms with Crippen molar-refractivity contribution in [2.24, 2.45) is 0 Å². The second kappa shape index (κ2) is 6.70. The molecule has 110 valence electrons. The lowest BCUT2D eigenvalue weighted by Crippen LogP contribution is -2.32. The number of benzene rings is 1. The Morgan fingerprint density at radius 2 is 2.10 bits per heavy atom. The molecule has 0 aromatic heterocycles. The molecule has 0 atom stereocenters. The van der Waals surface area contributed by atoms with Gasteiger partial charge >= 0.3 is 0 Å². The van der Waals surface area contributed by atoms with E-state index in [1.807, 2.05) is 12.1 Å². The van der Waals surface area contributed by atoms with Crippen LogP contribution in [0.3, 0.4) is 0 Å². The van der Waals surface area contributed by atoms with Crippen molar-refractivity contribution in [1.82, 2.24) is 4.90 Å². The highest BCUT2D eigenvalue weighted by Crippen LogP contribution is 2.28. The fourth-order valence-corrected chi connectivity index (χ4v) is 3.04. The van der Waals surface area contributed by atoms with Crippen LogP contribution in [0.25, 0.3) is 0 Å². The first-order valence-electron chi connectivity index (χ1n) is 7.34. The molecule has 0 spiro atoms. The fraction of sp³-hybridized carbons (Fsp3) is 0.600. The Morgan fingerprint density at radius 3 is 2.65 bits per heavy atom. The standard InChI is InChI=1S/C15H23N3O2/c1-3-17(13-6-4-5-7-13)11-12-8-9-15(18(19)20)14(10-12)16-2/h8-10,13,16H,3-7,11H2,1-2H3. The third-order valence-corrected chi connectivity index (χ3v) is 4.16. The molecule has 1 aromatic rings. The van der Waals surface area contributed by atoms with Gasteiger partial charge in [0, 0.05) is 25.7 Å². The molecule has 0 amide bonds. The predicted molar refractivity (Wildman–Crippen MR) is 81.0 cm³/mol. The molecule has 1 aliphatic carbocycles. The quantitative estimate of drug-likeness (QED) is 0.639. The fourth-order valence-electron chi connectivity index (χ4n) is 3.04. The minimum atomic E-state index is -0.343. The second-order valence-corrected chi connectivity index (χ2v) is 5.36. The van der Waals surface area contributed by atoms with Crippen LogP contribution < -0.4 is 5.32 Å². The summed E-state index contributed by atoms with van der Waals surface area (Å²) >= 11 is 0. The van der Waals surface area contributed by atoms with E-state index in [0.29, 0.717) is 11.7 Å². The minimum absolute atomic E-state index is 0.139. The molecule has 0 unspecified atom stereocenters. The number of nitro benzene ring substituents is 1. The van der Waals surface area contributed by atoms with Crippen LogP contribution in [0.1, 0.15) is 38.2 Å². The summed E-state index contributed by atoms with van der Waals surface area (Å²) in [6, 6.07) is 6.05. The zero-order valence-corrected chi connectivity index (χ0v) is 12.3. The van der Waals surface area contributed by atoms with E-state index in [0.717, 1.165) is 18.7 Å². The smallest absolute Gasteiger partial charge is 0.292 e. The molecule has 5 nitrogen and oxygen atoms in total. The van der Waals surface area contributed by atoms with E-state index in [-0.39, 0.29) is 10.6 Å². The maximum Gasteiger partial charge on any atom is 0.292 e. The molecule has 0 heterocycles. The van der Waals surface area contributed by atoms with Gasteiger partial charge in [-0.1, -0.05) is 25.8 Å². The molecule has 1 aromatic carbocycles. The summed E-state index contributed by atoms with van der Waals surface area (Å²) in [6.07, 6.45) is 5.20. The molecule has 0 saturated heterocycles. The molecule has 1 aliphatic rings. The van der Waals surface area contributed by atoms with Crippen LogP contribution in [0.15, 0.2) is 18.2 Å². The van der Waals surface area contributed by atoms with Crippen molar-refractivity contribution in [3.8, 4) is 0 Å². The summed E-state index contributed by atoms with van der Waals surface area (Å²) < 4.78 is 0. The second-order valence-electron chi connectivity index (χ2n) is 5.36. The van der Waals surface area contributed by atoms with Crippen molar-refractivity contribution in [2.75, 3.05) is 18.9 Å². The third-order valence-electron chi connectivity index (χ3n) is 4.16. The Hall–Kier alpha value is -1.62. The molecule has 1 N–H and O–H groups in total. The summed E-state index contributed by atoms with van der Waals surface area (Å²) in [4.78, 5) is 13.1. The Labute approximate surface area is 120 Å². The van der Waals surface area contributed by atoms with E-state index in [1.165, 1.54) is 25.7 Å². The van der Waals surface area contributed by atoms with E-state index in [2.05, 4.69) is 17.1 Å². The van der Waals surface area contributed by atoms with Crippen LogP contribution in [0, 0.1) is 10.1 Å². The Balaban J connectivity index is 2.13. The van der Waals surface area contributed by atoms with Crippen LogP contribution in [-0.2, 0) is 6.54 Å². The van der Waals surface area contributed by atoms with E-state index < -0.39 is 0 Å². The van der Waals surface area contributed by atoms with E-state index >= 15 is 0 Å². The number of nitro groups is 1. The number of nitrogens with zero attached hydrogens (tertiary/aromatic N) is 2. The lowest BCUT2D eigenvalue weighted by atomic mass is 10.1. The van der Waals surface area contributed by atoms with Gasteiger partial charge in [0.1, 0.15) is 5.69 Å². The highest BCUT2D eigenvalue weighted by molar-refractivity contribution is 5.62. The first-order chi connectivity index (χ1) is 9.65. The topological polar surface area (TPSA) is 58.4 Å². The van der Waals surface area contributed by atoms with Crippen molar-refractivity contribution in [1.29, 1.82) is 0 Å². The van der Waals surface area contributed by atoms with Crippen LogP contribution in [0.4, 0.5) is 11.4 Å². The summed E-state index contributed by atoms with van der Waals surface area (Å²) in [5.74, 6) is 0. The van der Waals surface area contributed by atoms with E-state index in [4.69, 9.17) is 0 Å². The monoisotopic (exact) mass is 277 g/mol. The van der Waals surface area contributed by atoms with Gasteiger partial charge in [0.05, 0.1) is 4.92 Å².